The molecule has 0 saturated carbocycles. The second-order valence-corrected chi connectivity index (χ2v) is 4.09. The molecule has 1 rings (SSSR count). The van der Waals surface area contributed by atoms with Crippen LogP contribution >= 0.6 is 0 Å². The molecule has 0 atom stereocenters. The van der Waals surface area contributed by atoms with E-state index in [0.717, 1.165) is 11.1 Å². The molecule has 2 nitrogen and oxygen atoms in total. The van der Waals surface area contributed by atoms with Crippen molar-refractivity contribution >= 4 is 0 Å². The van der Waals surface area contributed by atoms with Gasteiger partial charge >= 0.3 is 0 Å². The third kappa shape index (κ3) is 1.92. The Kier molecular flexibility index (Phi) is 3.69. The Morgan fingerprint density at radius 1 is 0.688 bits per heavy atom. The lowest BCUT2D eigenvalue weighted by atomic mass is 9.89. The Morgan fingerprint density at radius 2 is 0.938 bits per heavy atom. The third-order valence-electron chi connectivity index (χ3n) is 3.41. The topological polar surface area (TPSA) is 8.72 Å². The molecule has 0 spiro atoms. The van der Waals surface area contributed by atoms with Crippen LogP contribution in [0.25, 0.3) is 9.69 Å². The second-order valence-electron chi connectivity index (χ2n) is 4.09. The van der Waals surface area contributed by atoms with E-state index in [9.17, 15) is 0 Å². The summed E-state index contributed by atoms with van der Waals surface area (Å²) >= 11 is 0. The molecular weight excluding hydrogens is 196 g/mol. The number of hydrogen-bond donors (Lipinski definition) is 0. The zero-order chi connectivity index (χ0) is 12.3. The van der Waals surface area contributed by atoms with Gasteiger partial charge in [-0.05, 0) is 49.9 Å². The first-order chi connectivity index (χ1) is 7.54. The summed E-state index contributed by atoms with van der Waals surface area (Å²) in [7, 11) is 0. The fourth-order valence-electron chi connectivity index (χ4n) is 2.10. The SMILES string of the molecule is [C-]#[N+]Cc1c(C)c(C)c(C[N+]#[C-])c(C)c1C. The minimum atomic E-state index is 0.442. The third-order valence-corrected chi connectivity index (χ3v) is 3.41. The molecule has 0 saturated heterocycles. The second kappa shape index (κ2) is 4.81. The van der Waals surface area contributed by atoms with Gasteiger partial charge in [-0.3, -0.25) is 0 Å². The van der Waals surface area contributed by atoms with E-state index in [1.54, 1.807) is 0 Å². The first-order valence-electron chi connectivity index (χ1n) is 5.29. The van der Waals surface area contributed by atoms with E-state index in [1.807, 2.05) is 0 Å². The van der Waals surface area contributed by atoms with E-state index in [1.165, 1.54) is 22.3 Å². The van der Waals surface area contributed by atoms with Gasteiger partial charge in [-0.25, -0.2) is 13.1 Å². The molecule has 0 radical (unpaired) electrons. The number of rotatable bonds is 2. The molecule has 0 unspecified atom stereocenters. The van der Waals surface area contributed by atoms with Gasteiger partial charge in [-0.15, -0.1) is 0 Å². The van der Waals surface area contributed by atoms with Crippen molar-refractivity contribution in [1.82, 2.24) is 0 Å². The van der Waals surface area contributed by atoms with Crippen molar-refractivity contribution in [3.05, 3.63) is 56.2 Å². The molecule has 0 amide bonds. The quantitative estimate of drug-likeness (QED) is 0.660. The van der Waals surface area contributed by atoms with E-state index in [2.05, 4.69) is 37.4 Å². The molecule has 82 valence electrons. The van der Waals surface area contributed by atoms with Gasteiger partial charge in [0.15, 0.2) is 0 Å². The molecule has 0 aliphatic rings. The van der Waals surface area contributed by atoms with Crippen LogP contribution in [0.15, 0.2) is 0 Å². The number of hydrogen-bond acceptors (Lipinski definition) is 0. The van der Waals surface area contributed by atoms with E-state index in [-0.39, 0.29) is 0 Å². The zero-order valence-electron chi connectivity index (χ0n) is 10.3. The Labute approximate surface area is 97.6 Å². The predicted octanol–water partition coefficient (Wildman–Crippen LogP) is 3.76. The predicted molar refractivity (Wildman–Crippen MR) is 66.0 cm³/mol. The molecule has 0 fully saturated rings. The van der Waals surface area contributed by atoms with Crippen molar-refractivity contribution in [3.8, 4) is 0 Å². The molecule has 0 heterocycles. The molecule has 1 aromatic carbocycles. The maximum Gasteiger partial charge on any atom is 0.240 e. The Bertz CT molecular complexity index is 423. The van der Waals surface area contributed by atoms with Crippen molar-refractivity contribution in [1.29, 1.82) is 0 Å². The lowest BCUT2D eigenvalue weighted by Gasteiger charge is -2.15. The normalized spacial score (nSPS) is 9.62. The average molecular weight is 212 g/mol. The van der Waals surface area contributed by atoms with Gasteiger partial charge in [-0.1, -0.05) is 0 Å². The van der Waals surface area contributed by atoms with Crippen LogP contribution in [0.2, 0.25) is 0 Å². The monoisotopic (exact) mass is 212 g/mol. The van der Waals surface area contributed by atoms with E-state index >= 15 is 0 Å². The molecule has 0 bridgehead atoms. The van der Waals surface area contributed by atoms with Gasteiger partial charge in [-0.2, -0.15) is 0 Å². The summed E-state index contributed by atoms with van der Waals surface area (Å²) in [6, 6.07) is 0. The first-order valence-corrected chi connectivity index (χ1v) is 5.29. The first kappa shape index (κ1) is 12.3. The Balaban J connectivity index is 3.52. The van der Waals surface area contributed by atoms with Crippen LogP contribution in [0, 0.1) is 40.8 Å². The van der Waals surface area contributed by atoms with Gasteiger partial charge < -0.3 is 9.69 Å². The van der Waals surface area contributed by atoms with Crippen molar-refractivity contribution in [2.75, 3.05) is 0 Å². The van der Waals surface area contributed by atoms with E-state index in [4.69, 9.17) is 13.1 Å². The van der Waals surface area contributed by atoms with Gasteiger partial charge in [0.05, 0.1) is 0 Å². The van der Waals surface area contributed by atoms with E-state index < -0.39 is 0 Å². The zero-order valence-corrected chi connectivity index (χ0v) is 10.3. The van der Waals surface area contributed by atoms with Crippen molar-refractivity contribution in [3.63, 3.8) is 0 Å². The summed E-state index contributed by atoms with van der Waals surface area (Å²) < 4.78 is 0. The summed E-state index contributed by atoms with van der Waals surface area (Å²) in [5.41, 5.74) is 6.99. The largest absolute Gasteiger partial charge is 0.312 e. The van der Waals surface area contributed by atoms with Gasteiger partial charge in [0.25, 0.3) is 0 Å². The van der Waals surface area contributed by atoms with Crippen LogP contribution in [-0.4, -0.2) is 0 Å². The fourth-order valence-corrected chi connectivity index (χ4v) is 2.10. The maximum absolute atomic E-state index is 6.99. The minimum absolute atomic E-state index is 0.442. The maximum atomic E-state index is 6.99. The van der Waals surface area contributed by atoms with Crippen molar-refractivity contribution in [2.24, 2.45) is 0 Å². The molecule has 0 N–H and O–H groups in total. The van der Waals surface area contributed by atoms with Crippen molar-refractivity contribution < 1.29 is 0 Å². The van der Waals surface area contributed by atoms with Crippen LogP contribution in [0.4, 0.5) is 0 Å². The molecule has 2 heteroatoms. The molecule has 1 aromatic rings. The van der Waals surface area contributed by atoms with Crippen LogP contribution in [-0.2, 0) is 13.1 Å². The standard InChI is InChI=1S/C14H16N2/c1-9-10(2)14(8-16-6)12(4)11(3)13(9)7-15-5/h7-8H2,1-4H3. The van der Waals surface area contributed by atoms with Crippen molar-refractivity contribution in [2.45, 2.75) is 40.8 Å². The average Bonchev–Trinajstić information content (AvgIpc) is 2.28. The molecule has 16 heavy (non-hydrogen) atoms. The molecule has 0 aliphatic carbocycles. The highest BCUT2D eigenvalue weighted by Crippen LogP contribution is 2.27. The highest BCUT2D eigenvalue weighted by molar-refractivity contribution is 5.50. The van der Waals surface area contributed by atoms with Crippen LogP contribution < -0.4 is 0 Å². The minimum Gasteiger partial charge on any atom is -0.312 e. The summed E-state index contributed by atoms with van der Waals surface area (Å²) in [4.78, 5) is 6.95. The Hall–Kier alpha value is -1.80. The highest BCUT2D eigenvalue weighted by atomic mass is 14.6. The lowest BCUT2D eigenvalue weighted by molar-refractivity contribution is 1.05. The van der Waals surface area contributed by atoms with Gasteiger partial charge in [0.1, 0.15) is 0 Å². The van der Waals surface area contributed by atoms with Crippen LogP contribution in [0.1, 0.15) is 33.4 Å². The molecule has 0 aliphatic heterocycles. The summed E-state index contributed by atoms with van der Waals surface area (Å²) in [6.07, 6.45) is 0. The number of nitrogens with zero attached hydrogens (tertiary/aromatic N) is 2. The van der Waals surface area contributed by atoms with E-state index in [0.29, 0.717) is 13.1 Å². The summed E-state index contributed by atoms with van der Waals surface area (Å²) in [5, 5.41) is 0. The fraction of sp³-hybridized carbons (Fsp3) is 0.429. The van der Waals surface area contributed by atoms with Gasteiger partial charge in [0.2, 0.25) is 13.1 Å². The number of benzene rings is 1. The van der Waals surface area contributed by atoms with Crippen LogP contribution in [0.3, 0.4) is 0 Å². The highest BCUT2D eigenvalue weighted by Gasteiger charge is 2.17. The summed E-state index contributed by atoms with van der Waals surface area (Å²) in [6.45, 7) is 23.1. The molecule has 0 aromatic heterocycles. The molecular formula is C14H16N2. The summed E-state index contributed by atoms with van der Waals surface area (Å²) in [5.74, 6) is 0. The van der Waals surface area contributed by atoms with Gasteiger partial charge in [0, 0.05) is 11.1 Å². The Morgan fingerprint density at radius 3 is 1.12 bits per heavy atom. The smallest absolute Gasteiger partial charge is 0.240 e. The van der Waals surface area contributed by atoms with Crippen LogP contribution in [0.5, 0.6) is 0 Å². The lowest BCUT2D eigenvalue weighted by Crippen LogP contribution is -2.03.